The third-order valence-electron chi connectivity index (χ3n) is 2.79. The maximum absolute atomic E-state index is 13.3. The molecule has 0 saturated carbocycles. The largest absolute Gasteiger partial charge is 0.382 e. The van der Waals surface area contributed by atoms with E-state index in [-0.39, 0.29) is 16.9 Å². The van der Waals surface area contributed by atoms with E-state index in [2.05, 4.69) is 5.32 Å². The predicted octanol–water partition coefficient (Wildman–Crippen LogP) is 3.18. The molecule has 1 N–H and O–H groups in total. The molecule has 1 atom stereocenters. The fraction of sp³-hybridized carbons (Fsp3) is 0.571. The van der Waals surface area contributed by atoms with Gasteiger partial charge in [-0.15, -0.1) is 0 Å². The highest BCUT2D eigenvalue weighted by Crippen LogP contribution is 2.19. The summed E-state index contributed by atoms with van der Waals surface area (Å²) in [5.41, 5.74) is 0.891. The number of benzene rings is 1. The summed E-state index contributed by atoms with van der Waals surface area (Å²) in [6.45, 7) is 4.74. The normalized spacial score (nSPS) is 12.6. The van der Waals surface area contributed by atoms with Gasteiger partial charge in [0.25, 0.3) is 0 Å². The molecule has 0 fully saturated rings. The Labute approximate surface area is 119 Å². The van der Waals surface area contributed by atoms with Crippen molar-refractivity contribution in [1.82, 2.24) is 5.32 Å². The first-order valence-electron chi connectivity index (χ1n) is 6.40. The number of nitrogens with one attached hydrogen (secondary N) is 1. The topological polar surface area (TPSA) is 30.5 Å². The van der Waals surface area contributed by atoms with Gasteiger partial charge in [0.1, 0.15) is 5.82 Å². The Hall–Kier alpha value is -0.680. The first-order valence-corrected chi connectivity index (χ1v) is 6.78. The van der Waals surface area contributed by atoms with Crippen LogP contribution in [0.15, 0.2) is 18.2 Å². The van der Waals surface area contributed by atoms with Gasteiger partial charge in [0, 0.05) is 19.8 Å². The van der Waals surface area contributed by atoms with Crippen LogP contribution in [0.3, 0.4) is 0 Å². The molecule has 0 saturated heterocycles. The first kappa shape index (κ1) is 16.4. The quantitative estimate of drug-likeness (QED) is 0.708. The van der Waals surface area contributed by atoms with Crippen LogP contribution in [-0.2, 0) is 9.47 Å². The summed E-state index contributed by atoms with van der Waals surface area (Å²) in [7, 11) is 1.65. The minimum absolute atomic E-state index is 0.0886. The third-order valence-corrected chi connectivity index (χ3v) is 3.10. The summed E-state index contributed by atoms with van der Waals surface area (Å²) in [6, 6.07) is 4.97. The van der Waals surface area contributed by atoms with Crippen molar-refractivity contribution in [3.05, 3.63) is 34.6 Å². The molecule has 0 bridgehead atoms. The van der Waals surface area contributed by atoms with Gasteiger partial charge < -0.3 is 14.8 Å². The fourth-order valence-electron chi connectivity index (χ4n) is 1.64. The van der Waals surface area contributed by atoms with Crippen molar-refractivity contribution in [1.29, 1.82) is 0 Å². The predicted molar refractivity (Wildman–Crippen MR) is 75.1 cm³/mol. The van der Waals surface area contributed by atoms with E-state index in [1.54, 1.807) is 13.2 Å². The Kier molecular flexibility index (Phi) is 7.98. The highest BCUT2D eigenvalue weighted by atomic mass is 35.5. The minimum atomic E-state index is -0.379. The molecule has 3 nitrogen and oxygen atoms in total. The van der Waals surface area contributed by atoms with Crippen LogP contribution in [0.25, 0.3) is 0 Å². The Morgan fingerprint density at radius 1 is 1.32 bits per heavy atom. The summed E-state index contributed by atoms with van der Waals surface area (Å²) in [5.74, 6) is -0.379. The summed E-state index contributed by atoms with van der Waals surface area (Å²) >= 11 is 5.65. The van der Waals surface area contributed by atoms with Gasteiger partial charge in [0.2, 0.25) is 0 Å². The van der Waals surface area contributed by atoms with Gasteiger partial charge in [-0.1, -0.05) is 17.7 Å². The van der Waals surface area contributed by atoms with Crippen LogP contribution in [0.1, 0.15) is 24.9 Å². The molecule has 0 amide bonds. The lowest BCUT2D eigenvalue weighted by Gasteiger charge is -2.14. The van der Waals surface area contributed by atoms with Crippen LogP contribution < -0.4 is 5.32 Å². The van der Waals surface area contributed by atoms with E-state index < -0.39 is 0 Å². The van der Waals surface area contributed by atoms with E-state index in [4.69, 9.17) is 21.1 Å². The van der Waals surface area contributed by atoms with Crippen molar-refractivity contribution < 1.29 is 13.9 Å². The second-order valence-electron chi connectivity index (χ2n) is 4.31. The minimum Gasteiger partial charge on any atom is -0.382 e. The zero-order valence-electron chi connectivity index (χ0n) is 11.4. The van der Waals surface area contributed by atoms with Crippen molar-refractivity contribution in [3.8, 4) is 0 Å². The molecule has 1 unspecified atom stereocenters. The monoisotopic (exact) mass is 289 g/mol. The Balaban J connectivity index is 2.20. The van der Waals surface area contributed by atoms with Gasteiger partial charge in [-0.05, 0) is 37.6 Å². The van der Waals surface area contributed by atoms with E-state index >= 15 is 0 Å². The molecule has 1 aromatic carbocycles. The van der Waals surface area contributed by atoms with Gasteiger partial charge >= 0.3 is 0 Å². The average molecular weight is 290 g/mol. The van der Waals surface area contributed by atoms with Crippen molar-refractivity contribution in [2.45, 2.75) is 19.4 Å². The van der Waals surface area contributed by atoms with Gasteiger partial charge in [-0.25, -0.2) is 4.39 Å². The number of hydrogen-bond donors (Lipinski definition) is 1. The van der Waals surface area contributed by atoms with Crippen LogP contribution in [0, 0.1) is 5.82 Å². The molecule has 0 aliphatic carbocycles. The van der Waals surface area contributed by atoms with Gasteiger partial charge in [0.15, 0.2) is 0 Å². The Morgan fingerprint density at radius 2 is 2.11 bits per heavy atom. The lowest BCUT2D eigenvalue weighted by Crippen LogP contribution is -2.21. The Morgan fingerprint density at radius 3 is 2.79 bits per heavy atom. The first-order chi connectivity index (χ1) is 9.15. The highest BCUT2D eigenvalue weighted by molar-refractivity contribution is 6.30. The second-order valence-corrected chi connectivity index (χ2v) is 4.72. The van der Waals surface area contributed by atoms with E-state index in [9.17, 15) is 4.39 Å². The molecule has 5 heteroatoms. The Bertz CT molecular complexity index is 376. The van der Waals surface area contributed by atoms with Gasteiger partial charge in [-0.2, -0.15) is 0 Å². The molecule has 0 spiro atoms. The molecule has 0 heterocycles. The average Bonchev–Trinajstić information content (AvgIpc) is 2.40. The number of methoxy groups -OCH3 is 1. The van der Waals surface area contributed by atoms with E-state index in [0.29, 0.717) is 19.8 Å². The summed E-state index contributed by atoms with van der Waals surface area (Å²) in [4.78, 5) is 0. The van der Waals surface area contributed by atoms with Crippen LogP contribution >= 0.6 is 11.6 Å². The lowest BCUT2D eigenvalue weighted by atomic mass is 10.1. The SMILES string of the molecule is COCCOCCCNC(C)c1ccc(Cl)c(F)c1. The van der Waals surface area contributed by atoms with Gasteiger partial charge in [0.05, 0.1) is 18.2 Å². The lowest BCUT2D eigenvalue weighted by molar-refractivity contribution is 0.0693. The molecule has 0 aliphatic rings. The van der Waals surface area contributed by atoms with Crippen molar-refractivity contribution >= 4 is 11.6 Å². The molecule has 0 radical (unpaired) electrons. The van der Waals surface area contributed by atoms with E-state index in [1.165, 1.54) is 6.07 Å². The molecule has 1 aromatic rings. The van der Waals surface area contributed by atoms with Crippen molar-refractivity contribution in [2.24, 2.45) is 0 Å². The number of halogens is 2. The van der Waals surface area contributed by atoms with Crippen LogP contribution in [0.5, 0.6) is 0 Å². The fourth-order valence-corrected chi connectivity index (χ4v) is 1.75. The maximum atomic E-state index is 13.3. The van der Waals surface area contributed by atoms with E-state index in [0.717, 1.165) is 18.5 Å². The highest BCUT2D eigenvalue weighted by Gasteiger charge is 2.07. The number of rotatable bonds is 9. The smallest absolute Gasteiger partial charge is 0.142 e. The number of hydrogen-bond acceptors (Lipinski definition) is 3. The van der Waals surface area contributed by atoms with Crippen LogP contribution in [0.4, 0.5) is 4.39 Å². The number of ether oxygens (including phenoxy) is 2. The van der Waals surface area contributed by atoms with Crippen molar-refractivity contribution in [3.63, 3.8) is 0 Å². The zero-order valence-corrected chi connectivity index (χ0v) is 12.2. The van der Waals surface area contributed by atoms with E-state index in [1.807, 2.05) is 13.0 Å². The molecule has 108 valence electrons. The molecule has 19 heavy (non-hydrogen) atoms. The molecule has 0 aromatic heterocycles. The molecule has 0 aliphatic heterocycles. The summed E-state index contributed by atoms with van der Waals surface area (Å²) in [5, 5.41) is 3.47. The van der Waals surface area contributed by atoms with Crippen LogP contribution in [-0.4, -0.2) is 33.5 Å². The molecule has 1 rings (SSSR count). The van der Waals surface area contributed by atoms with Crippen molar-refractivity contribution in [2.75, 3.05) is 33.5 Å². The standard InChI is InChI=1S/C14H21ClFNO2/c1-11(12-4-5-13(15)14(16)10-12)17-6-3-7-19-9-8-18-2/h4-5,10-11,17H,3,6-9H2,1-2H3. The zero-order chi connectivity index (χ0) is 14.1. The molecular weight excluding hydrogens is 269 g/mol. The molecular formula is C14H21ClFNO2. The van der Waals surface area contributed by atoms with Crippen LogP contribution in [0.2, 0.25) is 5.02 Å². The van der Waals surface area contributed by atoms with Gasteiger partial charge in [-0.3, -0.25) is 0 Å². The third kappa shape index (κ3) is 6.34. The summed E-state index contributed by atoms with van der Waals surface area (Å²) < 4.78 is 23.5. The summed E-state index contributed by atoms with van der Waals surface area (Å²) in [6.07, 6.45) is 0.907. The maximum Gasteiger partial charge on any atom is 0.142 e. The second kappa shape index (κ2) is 9.26.